The predicted octanol–water partition coefficient (Wildman–Crippen LogP) is 4.17. The fourth-order valence-electron chi connectivity index (χ4n) is 2.94. The topological polar surface area (TPSA) is 108 Å². The SMILES string of the molecule is COc1ccc(-c2nc(NC(=O)c3ccc(OCCC(C)C)c(OC)c3)n[nH]2)c(OC)c1. The summed E-state index contributed by atoms with van der Waals surface area (Å²) in [6.45, 7) is 4.84. The zero-order valence-electron chi connectivity index (χ0n) is 18.9. The second-order valence-corrected chi connectivity index (χ2v) is 7.42. The Labute approximate surface area is 187 Å². The minimum atomic E-state index is -0.371. The Morgan fingerprint density at radius 2 is 1.78 bits per heavy atom. The molecule has 0 fully saturated rings. The van der Waals surface area contributed by atoms with Gasteiger partial charge in [0.2, 0.25) is 5.95 Å². The van der Waals surface area contributed by atoms with Crippen molar-refractivity contribution >= 4 is 11.9 Å². The molecule has 2 N–H and O–H groups in total. The molecule has 9 heteroatoms. The highest BCUT2D eigenvalue weighted by Gasteiger charge is 2.16. The highest BCUT2D eigenvalue weighted by molar-refractivity contribution is 6.03. The summed E-state index contributed by atoms with van der Waals surface area (Å²) < 4.78 is 21.8. The highest BCUT2D eigenvalue weighted by Crippen LogP contribution is 2.32. The Hall–Kier alpha value is -3.75. The molecule has 0 saturated carbocycles. The van der Waals surface area contributed by atoms with Crippen LogP contribution in [0.25, 0.3) is 11.4 Å². The van der Waals surface area contributed by atoms with Gasteiger partial charge in [-0.25, -0.2) is 0 Å². The molecule has 3 aromatic rings. The highest BCUT2D eigenvalue weighted by atomic mass is 16.5. The average molecular weight is 441 g/mol. The molecule has 0 atom stereocenters. The van der Waals surface area contributed by atoms with Gasteiger partial charge < -0.3 is 18.9 Å². The van der Waals surface area contributed by atoms with E-state index in [1.165, 1.54) is 7.11 Å². The number of nitrogens with one attached hydrogen (secondary N) is 2. The molecule has 0 spiro atoms. The van der Waals surface area contributed by atoms with Crippen LogP contribution >= 0.6 is 0 Å². The molecule has 0 radical (unpaired) electrons. The Bertz CT molecular complexity index is 1060. The Kier molecular flexibility index (Phi) is 7.54. The number of H-pyrrole nitrogens is 1. The molecule has 2 aromatic carbocycles. The summed E-state index contributed by atoms with van der Waals surface area (Å²) in [7, 11) is 4.67. The number of nitrogens with zero attached hydrogens (tertiary/aromatic N) is 2. The Morgan fingerprint density at radius 1 is 1.00 bits per heavy atom. The van der Waals surface area contributed by atoms with E-state index in [-0.39, 0.29) is 11.9 Å². The molecule has 0 aliphatic rings. The Morgan fingerprint density at radius 3 is 2.47 bits per heavy atom. The summed E-state index contributed by atoms with van der Waals surface area (Å²) in [5, 5.41) is 9.58. The first-order chi connectivity index (χ1) is 15.4. The molecular weight excluding hydrogens is 412 g/mol. The smallest absolute Gasteiger partial charge is 0.258 e. The lowest BCUT2D eigenvalue weighted by atomic mass is 10.1. The molecule has 0 saturated heterocycles. The van der Waals surface area contributed by atoms with E-state index in [9.17, 15) is 4.79 Å². The van der Waals surface area contributed by atoms with Gasteiger partial charge in [0, 0.05) is 11.6 Å². The second-order valence-electron chi connectivity index (χ2n) is 7.42. The minimum Gasteiger partial charge on any atom is -0.497 e. The number of rotatable bonds is 10. The monoisotopic (exact) mass is 440 g/mol. The van der Waals surface area contributed by atoms with Crippen LogP contribution in [0, 0.1) is 5.92 Å². The number of hydrogen-bond donors (Lipinski definition) is 2. The number of benzene rings is 2. The molecular formula is C23H28N4O5. The van der Waals surface area contributed by atoms with E-state index in [0.717, 1.165) is 6.42 Å². The Balaban J connectivity index is 1.72. The predicted molar refractivity (Wildman–Crippen MR) is 121 cm³/mol. The summed E-state index contributed by atoms with van der Waals surface area (Å²) in [5.74, 6) is 3.06. The third-order valence-corrected chi connectivity index (χ3v) is 4.75. The van der Waals surface area contributed by atoms with Gasteiger partial charge in [-0.1, -0.05) is 13.8 Å². The normalized spacial score (nSPS) is 10.7. The average Bonchev–Trinajstić information content (AvgIpc) is 3.26. The first-order valence-electron chi connectivity index (χ1n) is 10.2. The van der Waals surface area contributed by atoms with Gasteiger partial charge in [-0.3, -0.25) is 15.2 Å². The van der Waals surface area contributed by atoms with Crippen molar-refractivity contribution in [3.05, 3.63) is 42.0 Å². The zero-order chi connectivity index (χ0) is 23.1. The van der Waals surface area contributed by atoms with Crippen molar-refractivity contribution in [3.63, 3.8) is 0 Å². The van der Waals surface area contributed by atoms with Crippen molar-refractivity contribution in [2.75, 3.05) is 33.3 Å². The van der Waals surface area contributed by atoms with Crippen LogP contribution < -0.4 is 24.3 Å². The first kappa shape index (κ1) is 22.9. The van der Waals surface area contributed by atoms with Crippen molar-refractivity contribution in [3.8, 4) is 34.4 Å². The molecule has 3 rings (SSSR count). The van der Waals surface area contributed by atoms with Crippen LogP contribution in [0.2, 0.25) is 0 Å². The number of hydrogen-bond acceptors (Lipinski definition) is 7. The number of carbonyl (C=O) groups excluding carboxylic acids is 1. The van der Waals surface area contributed by atoms with Crippen molar-refractivity contribution in [1.29, 1.82) is 0 Å². The van der Waals surface area contributed by atoms with E-state index in [0.29, 0.717) is 52.5 Å². The number of aromatic amines is 1. The lowest BCUT2D eigenvalue weighted by Crippen LogP contribution is -2.13. The van der Waals surface area contributed by atoms with Crippen LogP contribution in [-0.4, -0.2) is 49.0 Å². The van der Waals surface area contributed by atoms with Gasteiger partial charge in [-0.05, 0) is 42.7 Å². The van der Waals surface area contributed by atoms with E-state index in [1.807, 2.05) is 0 Å². The third-order valence-electron chi connectivity index (χ3n) is 4.75. The van der Waals surface area contributed by atoms with Crippen LogP contribution in [0.15, 0.2) is 36.4 Å². The fourth-order valence-corrected chi connectivity index (χ4v) is 2.94. The number of carbonyl (C=O) groups is 1. The fraction of sp³-hybridized carbons (Fsp3) is 0.348. The molecule has 170 valence electrons. The van der Waals surface area contributed by atoms with E-state index in [2.05, 4.69) is 34.3 Å². The second kappa shape index (κ2) is 10.5. The van der Waals surface area contributed by atoms with Gasteiger partial charge in [-0.2, -0.15) is 4.98 Å². The van der Waals surface area contributed by atoms with E-state index in [1.54, 1.807) is 50.6 Å². The number of aromatic nitrogens is 3. The largest absolute Gasteiger partial charge is 0.497 e. The maximum absolute atomic E-state index is 12.7. The van der Waals surface area contributed by atoms with E-state index in [4.69, 9.17) is 18.9 Å². The molecule has 0 aliphatic heterocycles. The summed E-state index contributed by atoms with van der Waals surface area (Å²) in [6, 6.07) is 10.3. The van der Waals surface area contributed by atoms with Crippen LogP contribution in [0.1, 0.15) is 30.6 Å². The van der Waals surface area contributed by atoms with E-state index < -0.39 is 0 Å². The molecule has 0 unspecified atom stereocenters. The van der Waals surface area contributed by atoms with Gasteiger partial charge in [-0.15, -0.1) is 5.10 Å². The number of anilines is 1. The van der Waals surface area contributed by atoms with Gasteiger partial charge >= 0.3 is 0 Å². The van der Waals surface area contributed by atoms with Gasteiger partial charge in [0.1, 0.15) is 11.5 Å². The van der Waals surface area contributed by atoms with Crippen LogP contribution in [0.4, 0.5) is 5.95 Å². The third kappa shape index (κ3) is 5.48. The summed E-state index contributed by atoms with van der Waals surface area (Å²) in [6.07, 6.45) is 0.928. The maximum Gasteiger partial charge on any atom is 0.258 e. The first-order valence-corrected chi connectivity index (χ1v) is 10.2. The van der Waals surface area contributed by atoms with Crippen molar-refractivity contribution in [1.82, 2.24) is 15.2 Å². The summed E-state index contributed by atoms with van der Waals surface area (Å²) in [4.78, 5) is 17.1. The zero-order valence-corrected chi connectivity index (χ0v) is 18.9. The van der Waals surface area contributed by atoms with Crippen LogP contribution in [-0.2, 0) is 0 Å². The van der Waals surface area contributed by atoms with Crippen molar-refractivity contribution in [2.24, 2.45) is 5.92 Å². The van der Waals surface area contributed by atoms with Gasteiger partial charge in [0.15, 0.2) is 17.3 Å². The molecule has 32 heavy (non-hydrogen) atoms. The van der Waals surface area contributed by atoms with Crippen LogP contribution in [0.3, 0.4) is 0 Å². The molecule has 0 aliphatic carbocycles. The molecule has 0 bridgehead atoms. The van der Waals surface area contributed by atoms with Crippen molar-refractivity contribution in [2.45, 2.75) is 20.3 Å². The van der Waals surface area contributed by atoms with Gasteiger partial charge in [0.05, 0.1) is 33.5 Å². The molecule has 1 aromatic heterocycles. The number of ether oxygens (including phenoxy) is 4. The summed E-state index contributed by atoms with van der Waals surface area (Å²) >= 11 is 0. The summed E-state index contributed by atoms with van der Waals surface area (Å²) in [5.41, 5.74) is 1.08. The lowest BCUT2D eigenvalue weighted by molar-refractivity contribution is 0.102. The maximum atomic E-state index is 12.7. The van der Waals surface area contributed by atoms with Crippen LogP contribution in [0.5, 0.6) is 23.0 Å². The standard InChI is InChI=1S/C23H28N4O5/c1-14(2)10-11-32-18-9-6-15(12-20(18)31-5)22(28)25-23-24-21(26-27-23)17-8-7-16(29-3)13-19(17)30-4/h6-9,12-14H,10-11H2,1-5H3,(H2,24,25,26,27,28). The van der Waals surface area contributed by atoms with Crippen molar-refractivity contribution < 1.29 is 23.7 Å². The van der Waals surface area contributed by atoms with E-state index >= 15 is 0 Å². The van der Waals surface area contributed by atoms with Gasteiger partial charge in [0.25, 0.3) is 5.91 Å². The lowest BCUT2D eigenvalue weighted by Gasteiger charge is -2.12. The number of methoxy groups -OCH3 is 3. The quantitative estimate of drug-likeness (QED) is 0.487. The molecule has 1 amide bonds. The molecule has 9 nitrogen and oxygen atoms in total. The molecule has 1 heterocycles. The number of amides is 1. The minimum absolute atomic E-state index is 0.138.